The van der Waals surface area contributed by atoms with Gasteiger partial charge in [-0.2, -0.15) is 26.3 Å². The molecule has 0 aromatic heterocycles. The lowest BCUT2D eigenvalue weighted by Crippen LogP contribution is -2.41. The van der Waals surface area contributed by atoms with Crippen LogP contribution in [0.15, 0.2) is 168 Å². The van der Waals surface area contributed by atoms with E-state index in [1.807, 2.05) is 19.1 Å². The van der Waals surface area contributed by atoms with Crippen molar-refractivity contribution in [1.82, 2.24) is 4.90 Å². The van der Waals surface area contributed by atoms with Crippen molar-refractivity contribution in [3.05, 3.63) is 230 Å². The van der Waals surface area contributed by atoms with Crippen LogP contribution < -0.4 is 19.4 Å². The van der Waals surface area contributed by atoms with Gasteiger partial charge in [0.15, 0.2) is 0 Å². The van der Waals surface area contributed by atoms with Gasteiger partial charge in [-0.25, -0.2) is 23.1 Å². The van der Waals surface area contributed by atoms with Crippen molar-refractivity contribution in [1.29, 1.82) is 0 Å². The van der Waals surface area contributed by atoms with E-state index in [9.17, 15) is 57.0 Å². The summed E-state index contributed by atoms with van der Waals surface area (Å²) >= 11 is 0. The second-order valence-electron chi connectivity index (χ2n) is 21.5. The van der Waals surface area contributed by atoms with Crippen LogP contribution in [0.25, 0.3) is 0 Å². The summed E-state index contributed by atoms with van der Waals surface area (Å²) in [6.45, 7) is 3.43. The number of aryl methyl sites for hydroxylation is 1. The third-order valence-corrected chi connectivity index (χ3v) is 18.3. The molecule has 0 spiro atoms. The van der Waals surface area contributed by atoms with Gasteiger partial charge in [-0.05, 0) is 164 Å². The quantitative estimate of drug-likeness (QED) is 0.0907. The van der Waals surface area contributed by atoms with Crippen molar-refractivity contribution in [3.8, 4) is 23.0 Å². The van der Waals surface area contributed by atoms with Crippen molar-refractivity contribution in [2.75, 3.05) is 21.7 Å². The molecule has 17 nitrogen and oxygen atoms in total. The Hall–Kier alpha value is -10.8. The fraction of sp³-hybridized carbons (Fsp3) is 0.125. The number of rotatable bonds is 11. The number of hydrogen-bond acceptors (Lipinski definition) is 13. The molecule has 0 fully saturated rings. The van der Waals surface area contributed by atoms with Crippen LogP contribution in [0.4, 0.5) is 43.4 Å². The number of ether oxygens (including phenoxy) is 1. The van der Waals surface area contributed by atoms with E-state index in [2.05, 4.69) is 0 Å². The Morgan fingerprint density at radius 3 is 1.07 bits per heavy atom. The number of carbonyl (C=O) groups excluding carboxylic acids is 8. The molecule has 2 atom stereocenters. The Kier molecular flexibility index (Phi) is 12.9. The standard InChI is InChI=1S/C64H40F6N4O13S/c1-31-5-13-37(14-6-31)87-38-15-11-36(12-16-38)72-55(79)42-20-8-33(26-46(42)58(72)82)62(3,64(68,69)70)35-10-22-44-48(28-35)60(84)74(57(44)81)50-30-40(18-24-52(50)76)88(85,86)39-17-23-51(75)49(29-39)73-56(80)43-21-9-34(27-47(43)59(73)83)61(2,63(65,66)67)32-7-19-41-45(25-32)54(78)71(4)53(41)77/h5-30,75-76H,1-4H3. The van der Waals surface area contributed by atoms with E-state index in [1.54, 1.807) is 12.1 Å². The molecule has 4 heterocycles. The molecule has 8 aromatic carbocycles. The largest absolute Gasteiger partial charge is 0.506 e. The molecule has 2 unspecified atom stereocenters. The number of benzene rings is 8. The molecule has 4 aliphatic heterocycles. The summed E-state index contributed by atoms with van der Waals surface area (Å²) in [6, 6.07) is 28.9. The fourth-order valence-corrected chi connectivity index (χ4v) is 12.5. The Labute approximate surface area is 493 Å². The number of imide groups is 4. The van der Waals surface area contributed by atoms with Crippen molar-refractivity contribution < 1.29 is 88.1 Å². The first-order valence-corrected chi connectivity index (χ1v) is 27.8. The van der Waals surface area contributed by atoms with E-state index in [0.29, 0.717) is 33.4 Å². The number of aromatic hydroxyl groups is 2. The lowest BCUT2D eigenvalue weighted by atomic mass is 9.74. The normalized spacial score (nSPS) is 16.3. The third kappa shape index (κ3) is 8.47. The first-order valence-electron chi connectivity index (χ1n) is 26.3. The first-order chi connectivity index (χ1) is 41.4. The smallest absolute Gasteiger partial charge is 0.402 e. The Morgan fingerprint density at radius 1 is 0.386 bits per heavy atom. The second kappa shape index (κ2) is 19.6. The average Bonchev–Trinajstić information content (AvgIpc) is 1.40. The van der Waals surface area contributed by atoms with Gasteiger partial charge in [-0.15, -0.1) is 0 Å². The van der Waals surface area contributed by atoms with E-state index in [0.717, 1.165) is 133 Å². The third-order valence-electron chi connectivity index (χ3n) is 16.5. The summed E-state index contributed by atoms with van der Waals surface area (Å²) in [5.41, 5.74) is -11.8. The topological polar surface area (TPSA) is 233 Å². The highest BCUT2D eigenvalue weighted by Crippen LogP contribution is 2.51. The summed E-state index contributed by atoms with van der Waals surface area (Å²) in [4.78, 5) is 110. The zero-order valence-electron chi connectivity index (χ0n) is 45.9. The van der Waals surface area contributed by atoms with Crippen molar-refractivity contribution in [2.24, 2.45) is 0 Å². The summed E-state index contributed by atoms with van der Waals surface area (Å²) < 4.78 is 128. The van der Waals surface area contributed by atoms with Gasteiger partial charge in [0, 0.05) is 7.05 Å². The molecule has 442 valence electrons. The van der Waals surface area contributed by atoms with Crippen molar-refractivity contribution >= 4 is 74.2 Å². The number of fused-ring (bicyclic) bond motifs is 4. The number of phenols is 2. The molecule has 4 aliphatic rings. The number of amides is 8. The number of nitrogens with zero attached hydrogens (tertiary/aromatic N) is 4. The monoisotopic (exact) mass is 1220 g/mol. The van der Waals surface area contributed by atoms with Crippen LogP contribution in [0.2, 0.25) is 0 Å². The number of alkyl halides is 6. The zero-order chi connectivity index (χ0) is 63.2. The minimum atomic E-state index is -5.19. The van der Waals surface area contributed by atoms with Crippen LogP contribution in [0, 0.1) is 6.92 Å². The number of anilines is 3. The molecular weight excluding hydrogens is 1180 g/mol. The Balaban J connectivity index is 0.815. The van der Waals surface area contributed by atoms with Crippen LogP contribution >= 0.6 is 0 Å². The van der Waals surface area contributed by atoms with Crippen molar-refractivity contribution in [2.45, 2.75) is 53.7 Å². The number of halogens is 6. The average molecular weight is 1220 g/mol. The number of carbonyl (C=O) groups is 8. The molecule has 0 aliphatic carbocycles. The highest BCUT2D eigenvalue weighted by atomic mass is 32.2. The molecule has 24 heteroatoms. The maximum atomic E-state index is 15.7. The van der Waals surface area contributed by atoms with E-state index < -0.39 is 157 Å². The van der Waals surface area contributed by atoms with E-state index in [4.69, 9.17) is 4.74 Å². The molecular formula is C64H40F6N4O13S. The first kappa shape index (κ1) is 57.7. The predicted molar refractivity (Wildman–Crippen MR) is 300 cm³/mol. The maximum absolute atomic E-state index is 15.7. The number of phenolic OH excluding ortho intramolecular Hbond substituents is 2. The molecule has 0 saturated carbocycles. The minimum Gasteiger partial charge on any atom is -0.506 e. The lowest BCUT2D eigenvalue weighted by molar-refractivity contribution is -0.173. The molecule has 2 N–H and O–H groups in total. The van der Waals surface area contributed by atoms with Gasteiger partial charge >= 0.3 is 12.4 Å². The highest BCUT2D eigenvalue weighted by molar-refractivity contribution is 7.91. The number of hydrogen-bond donors (Lipinski definition) is 2. The molecule has 88 heavy (non-hydrogen) atoms. The maximum Gasteiger partial charge on any atom is 0.402 e. The number of sulfone groups is 1. The molecule has 0 bridgehead atoms. The van der Waals surface area contributed by atoms with E-state index in [-0.39, 0.29) is 27.9 Å². The van der Waals surface area contributed by atoms with Crippen LogP contribution in [0.1, 0.15) is 125 Å². The van der Waals surface area contributed by atoms with Crippen molar-refractivity contribution in [3.63, 3.8) is 0 Å². The molecule has 0 radical (unpaired) electrons. The summed E-state index contributed by atoms with van der Waals surface area (Å²) in [5.74, 6) is -9.17. The van der Waals surface area contributed by atoms with E-state index in [1.165, 1.54) is 24.3 Å². The predicted octanol–water partition coefficient (Wildman–Crippen LogP) is 11.4. The Bertz CT molecular complexity index is 4640. The van der Waals surface area contributed by atoms with Crippen LogP contribution in [-0.4, -0.2) is 90.2 Å². The van der Waals surface area contributed by atoms with Gasteiger partial charge in [-0.3, -0.25) is 43.3 Å². The summed E-state index contributed by atoms with van der Waals surface area (Å²) in [5, 5.41) is 22.2. The summed E-state index contributed by atoms with van der Waals surface area (Å²) in [7, 11) is -3.80. The van der Waals surface area contributed by atoms with Gasteiger partial charge in [0.25, 0.3) is 47.3 Å². The van der Waals surface area contributed by atoms with Crippen LogP contribution in [-0.2, 0) is 20.7 Å². The molecule has 8 aromatic rings. The molecule has 12 rings (SSSR count). The van der Waals surface area contributed by atoms with Gasteiger partial charge in [0.05, 0.1) is 71.4 Å². The van der Waals surface area contributed by atoms with Crippen LogP contribution in [0.3, 0.4) is 0 Å². The zero-order valence-corrected chi connectivity index (χ0v) is 46.7. The van der Waals surface area contributed by atoms with Gasteiger partial charge in [0.1, 0.15) is 33.8 Å². The second-order valence-corrected chi connectivity index (χ2v) is 23.5. The lowest BCUT2D eigenvalue weighted by Gasteiger charge is -2.33. The van der Waals surface area contributed by atoms with Gasteiger partial charge in [0.2, 0.25) is 9.84 Å². The summed E-state index contributed by atoms with van der Waals surface area (Å²) in [6.07, 6.45) is -10.3. The molecule has 8 amide bonds. The van der Waals surface area contributed by atoms with Gasteiger partial charge < -0.3 is 14.9 Å². The Morgan fingerprint density at radius 2 is 0.693 bits per heavy atom. The minimum absolute atomic E-state index is 0.0980. The SMILES string of the molecule is Cc1ccc(Oc2ccc(N3C(=O)c4ccc(C(C)(c5ccc6c(c5)C(=O)N(c5cc(S(=O)(=O)c7ccc(O)c(N8C(=O)c9ccc(C(C)(c%10ccc%11c(c%10)C(=O)N(C)C%11=O)C(F)(F)F)cc9C8=O)c7)ccc5O)C6=O)C(F)(F)F)cc4C3=O)cc2)cc1. The van der Waals surface area contributed by atoms with E-state index >= 15 is 26.3 Å². The highest BCUT2D eigenvalue weighted by Gasteiger charge is 2.57. The van der Waals surface area contributed by atoms with Crippen LogP contribution in [0.5, 0.6) is 23.0 Å². The van der Waals surface area contributed by atoms with Gasteiger partial charge in [-0.1, -0.05) is 42.0 Å². The fourth-order valence-electron chi connectivity index (χ4n) is 11.2. The molecule has 0 saturated heterocycles.